The number of nitrogens with one attached hydrogen (secondary N) is 2. The Morgan fingerprint density at radius 3 is 2.29 bits per heavy atom. The molecule has 28 heavy (non-hydrogen) atoms. The minimum atomic E-state index is -0.0936. The zero-order valence-electron chi connectivity index (χ0n) is 17.2. The Morgan fingerprint density at radius 2 is 1.68 bits per heavy atom. The predicted molar refractivity (Wildman–Crippen MR) is 114 cm³/mol. The molecule has 1 aromatic carbocycles. The van der Waals surface area contributed by atoms with Crippen LogP contribution in [-0.2, 0) is 0 Å². The van der Waals surface area contributed by atoms with Gasteiger partial charge in [0, 0.05) is 63.0 Å². The Labute approximate surface area is 174 Å². The number of nitrogens with zero attached hydrogens (tertiary/aromatic N) is 2. The third-order valence-electron chi connectivity index (χ3n) is 5.29. The molecule has 0 aliphatic carbocycles. The predicted octanol–water partition coefficient (Wildman–Crippen LogP) is 2.00. The van der Waals surface area contributed by atoms with E-state index in [1.807, 2.05) is 4.90 Å². The Bertz CT molecular complexity index is 666. The molecule has 6 nitrogen and oxygen atoms in total. The number of amides is 2. The molecule has 0 spiro atoms. The summed E-state index contributed by atoms with van der Waals surface area (Å²) in [6.07, 6.45) is 1.04. The van der Waals surface area contributed by atoms with Crippen LogP contribution in [-0.4, -0.2) is 73.5 Å². The van der Waals surface area contributed by atoms with Gasteiger partial charge in [0.15, 0.2) is 0 Å². The van der Waals surface area contributed by atoms with Crippen LogP contribution >= 0.6 is 12.4 Å². The number of carbonyl (C=O) groups excluding carboxylic acids is 2. The molecule has 1 atom stereocenters. The van der Waals surface area contributed by atoms with Crippen molar-refractivity contribution in [1.82, 2.24) is 20.4 Å². The van der Waals surface area contributed by atoms with Gasteiger partial charge in [-0.1, -0.05) is 20.8 Å². The van der Waals surface area contributed by atoms with Gasteiger partial charge < -0.3 is 15.5 Å². The highest BCUT2D eigenvalue weighted by Crippen LogP contribution is 2.19. The summed E-state index contributed by atoms with van der Waals surface area (Å²) in [5.41, 5.74) is 1.29. The molecule has 2 aliphatic heterocycles. The molecule has 0 aromatic heterocycles. The van der Waals surface area contributed by atoms with Crippen molar-refractivity contribution in [3.63, 3.8) is 0 Å². The maximum absolute atomic E-state index is 12.8. The standard InChI is InChI=1S/C21H32N4O2.ClH/c1-21(2,3)15-23-19(26)16-4-6-17(7-5-16)20(27)25-11-8-18(14-25)24-12-9-22-10-13-24;/h4-7,18,22H,8-15H2,1-3H3,(H,23,26);1H. The molecular formula is C21H33ClN4O2. The summed E-state index contributed by atoms with van der Waals surface area (Å²) < 4.78 is 0. The maximum atomic E-state index is 12.8. The van der Waals surface area contributed by atoms with Crippen LogP contribution in [0.2, 0.25) is 0 Å². The first kappa shape index (κ1) is 22.7. The second-order valence-electron chi connectivity index (χ2n) is 8.80. The molecule has 2 aliphatic rings. The van der Waals surface area contributed by atoms with Crippen molar-refractivity contribution in [2.24, 2.45) is 5.41 Å². The van der Waals surface area contributed by atoms with Gasteiger partial charge in [0.25, 0.3) is 11.8 Å². The first-order valence-corrected chi connectivity index (χ1v) is 9.96. The van der Waals surface area contributed by atoms with Crippen LogP contribution in [0.15, 0.2) is 24.3 Å². The first-order valence-electron chi connectivity index (χ1n) is 9.96. The number of hydrogen-bond donors (Lipinski definition) is 2. The Hall–Kier alpha value is -1.63. The highest BCUT2D eigenvalue weighted by atomic mass is 35.5. The number of carbonyl (C=O) groups is 2. The Kier molecular flexibility index (Phi) is 7.87. The third-order valence-corrected chi connectivity index (χ3v) is 5.29. The molecule has 156 valence electrons. The molecule has 3 rings (SSSR count). The van der Waals surface area contributed by atoms with Gasteiger partial charge in [0.1, 0.15) is 0 Å². The molecule has 0 saturated carbocycles. The lowest BCUT2D eigenvalue weighted by Crippen LogP contribution is -2.49. The van der Waals surface area contributed by atoms with E-state index in [9.17, 15) is 9.59 Å². The lowest BCUT2D eigenvalue weighted by Gasteiger charge is -2.32. The second-order valence-corrected chi connectivity index (χ2v) is 8.80. The van der Waals surface area contributed by atoms with Gasteiger partial charge in [-0.3, -0.25) is 14.5 Å². The molecule has 2 amide bonds. The van der Waals surface area contributed by atoms with Gasteiger partial charge >= 0.3 is 0 Å². The van der Waals surface area contributed by atoms with Crippen molar-refractivity contribution < 1.29 is 9.59 Å². The van der Waals surface area contributed by atoms with Crippen molar-refractivity contribution in [3.8, 4) is 0 Å². The van der Waals surface area contributed by atoms with E-state index in [4.69, 9.17) is 0 Å². The molecule has 7 heteroatoms. The number of piperazine rings is 1. The normalized spacial score (nSPS) is 20.5. The minimum absolute atomic E-state index is 0. The van der Waals surface area contributed by atoms with Crippen LogP contribution < -0.4 is 10.6 Å². The van der Waals surface area contributed by atoms with Crippen molar-refractivity contribution in [2.75, 3.05) is 45.8 Å². The van der Waals surface area contributed by atoms with Gasteiger partial charge in [-0.25, -0.2) is 0 Å². The largest absolute Gasteiger partial charge is 0.352 e. The number of halogens is 1. The smallest absolute Gasteiger partial charge is 0.253 e. The highest BCUT2D eigenvalue weighted by molar-refractivity contribution is 5.98. The molecule has 1 unspecified atom stereocenters. The fraction of sp³-hybridized carbons (Fsp3) is 0.619. The zero-order chi connectivity index (χ0) is 19.4. The molecule has 0 bridgehead atoms. The average Bonchev–Trinajstić information content (AvgIpc) is 3.16. The van der Waals surface area contributed by atoms with Crippen molar-refractivity contribution in [3.05, 3.63) is 35.4 Å². The van der Waals surface area contributed by atoms with Crippen LogP contribution in [0.5, 0.6) is 0 Å². The highest BCUT2D eigenvalue weighted by Gasteiger charge is 2.31. The van der Waals surface area contributed by atoms with E-state index in [-0.39, 0.29) is 29.6 Å². The van der Waals surface area contributed by atoms with Crippen LogP contribution in [0.1, 0.15) is 47.9 Å². The average molecular weight is 409 g/mol. The van der Waals surface area contributed by atoms with E-state index in [1.54, 1.807) is 24.3 Å². The number of likely N-dealkylation sites (tertiary alicyclic amines) is 1. The zero-order valence-corrected chi connectivity index (χ0v) is 18.0. The van der Waals surface area contributed by atoms with E-state index in [2.05, 4.69) is 36.3 Å². The van der Waals surface area contributed by atoms with Crippen LogP contribution in [0.25, 0.3) is 0 Å². The maximum Gasteiger partial charge on any atom is 0.253 e. The minimum Gasteiger partial charge on any atom is -0.352 e. The van der Waals surface area contributed by atoms with Crippen molar-refractivity contribution in [1.29, 1.82) is 0 Å². The lowest BCUT2D eigenvalue weighted by atomic mass is 9.97. The number of rotatable bonds is 4. The Balaban J connectivity index is 0.00000280. The van der Waals surface area contributed by atoms with E-state index in [1.165, 1.54) is 0 Å². The van der Waals surface area contributed by atoms with E-state index < -0.39 is 0 Å². The van der Waals surface area contributed by atoms with Gasteiger partial charge in [0.2, 0.25) is 0 Å². The summed E-state index contributed by atoms with van der Waals surface area (Å²) in [7, 11) is 0. The monoisotopic (exact) mass is 408 g/mol. The Morgan fingerprint density at radius 1 is 1.07 bits per heavy atom. The SMILES string of the molecule is CC(C)(C)CNC(=O)c1ccc(C(=O)N2CCC(N3CCNCC3)C2)cc1.Cl. The van der Waals surface area contributed by atoms with Crippen LogP contribution in [0, 0.1) is 5.41 Å². The second kappa shape index (κ2) is 9.72. The van der Waals surface area contributed by atoms with Crippen LogP contribution in [0.3, 0.4) is 0 Å². The molecular weight excluding hydrogens is 376 g/mol. The fourth-order valence-corrected chi connectivity index (χ4v) is 3.67. The molecule has 2 heterocycles. The van der Waals surface area contributed by atoms with Crippen molar-refractivity contribution >= 4 is 24.2 Å². The van der Waals surface area contributed by atoms with Gasteiger partial charge in [-0.05, 0) is 36.1 Å². The lowest BCUT2D eigenvalue weighted by molar-refractivity contribution is 0.0772. The van der Waals surface area contributed by atoms with Gasteiger partial charge in [0.05, 0.1) is 0 Å². The summed E-state index contributed by atoms with van der Waals surface area (Å²) in [5.74, 6) is -0.0295. The summed E-state index contributed by atoms with van der Waals surface area (Å²) in [5, 5.41) is 6.31. The molecule has 1 aromatic rings. The molecule has 2 N–H and O–H groups in total. The van der Waals surface area contributed by atoms with Gasteiger partial charge in [-0.15, -0.1) is 12.4 Å². The number of benzene rings is 1. The third kappa shape index (κ3) is 5.93. The van der Waals surface area contributed by atoms with E-state index >= 15 is 0 Å². The summed E-state index contributed by atoms with van der Waals surface area (Å²) in [6.45, 7) is 12.7. The molecule has 2 saturated heterocycles. The number of hydrogen-bond acceptors (Lipinski definition) is 4. The fourth-order valence-electron chi connectivity index (χ4n) is 3.67. The van der Waals surface area contributed by atoms with Gasteiger partial charge in [-0.2, -0.15) is 0 Å². The summed E-state index contributed by atoms with van der Waals surface area (Å²) >= 11 is 0. The molecule has 2 fully saturated rings. The summed E-state index contributed by atoms with van der Waals surface area (Å²) in [4.78, 5) is 29.5. The van der Waals surface area contributed by atoms with E-state index in [0.29, 0.717) is 23.7 Å². The van der Waals surface area contributed by atoms with E-state index in [0.717, 1.165) is 45.7 Å². The van der Waals surface area contributed by atoms with Crippen LogP contribution in [0.4, 0.5) is 0 Å². The topological polar surface area (TPSA) is 64.7 Å². The van der Waals surface area contributed by atoms with Crippen molar-refractivity contribution in [2.45, 2.75) is 33.2 Å². The summed E-state index contributed by atoms with van der Waals surface area (Å²) in [6, 6.07) is 7.50. The molecule has 0 radical (unpaired) electrons. The quantitative estimate of drug-likeness (QED) is 0.799. The first-order chi connectivity index (χ1) is 12.8.